The van der Waals surface area contributed by atoms with Crippen molar-refractivity contribution in [1.82, 2.24) is 4.31 Å². The van der Waals surface area contributed by atoms with Crippen LogP contribution in [0.1, 0.15) is 221 Å². The first kappa shape index (κ1) is 68.4. The summed E-state index contributed by atoms with van der Waals surface area (Å²) in [7, 11) is -4.13. The molecule has 438 valence electrons. The van der Waals surface area contributed by atoms with Crippen molar-refractivity contribution in [3.05, 3.63) is 34.4 Å². The van der Waals surface area contributed by atoms with Crippen LogP contribution in [0.25, 0.3) is 0 Å². The number of nitro groups is 1. The Labute approximate surface area is 456 Å². The van der Waals surface area contributed by atoms with Crippen LogP contribution in [0.15, 0.2) is 29.2 Å². The van der Waals surface area contributed by atoms with E-state index in [0.29, 0.717) is 38.9 Å². The molecule has 0 saturated carbocycles. The second kappa shape index (κ2) is 42.2. The maximum absolute atomic E-state index is 14.4. The predicted octanol–water partition coefficient (Wildman–Crippen LogP) is 12.0. The molecule has 0 radical (unpaired) electrons. The molecule has 0 spiro atoms. The van der Waals surface area contributed by atoms with Gasteiger partial charge in [-0.05, 0) is 37.8 Å². The molecule has 1 aliphatic heterocycles. The maximum atomic E-state index is 14.4. The van der Waals surface area contributed by atoms with Gasteiger partial charge in [-0.3, -0.25) is 29.3 Å². The largest absolute Gasteiger partial charge is 0.463 e. The Kier molecular flexibility index (Phi) is 38.0. The van der Waals surface area contributed by atoms with Crippen molar-refractivity contribution in [2.45, 2.75) is 263 Å². The number of hydrogen-bond acceptors (Lipinski definition) is 16. The average Bonchev–Trinajstić information content (AvgIpc) is 3.37. The summed E-state index contributed by atoms with van der Waals surface area (Å²) in [6.07, 6.45) is 24.3. The number of hydrogen-bond donors (Lipinski definition) is 0. The molecule has 18 nitrogen and oxygen atoms in total. The van der Waals surface area contributed by atoms with Crippen molar-refractivity contribution in [2.75, 3.05) is 46.1 Å². The van der Waals surface area contributed by atoms with Gasteiger partial charge in [0.25, 0.3) is 5.69 Å². The van der Waals surface area contributed by atoms with Gasteiger partial charge in [0.1, 0.15) is 12.7 Å². The normalized spacial score (nSPS) is 18.1. The Balaban J connectivity index is 2.12. The average molecular weight is 1100 g/mol. The van der Waals surface area contributed by atoms with Crippen molar-refractivity contribution in [2.24, 2.45) is 0 Å². The second-order valence-corrected chi connectivity index (χ2v) is 22.3. The topological polar surface area (TPSA) is 223 Å². The summed E-state index contributed by atoms with van der Waals surface area (Å²) in [5.74, 6) is -2.87. The van der Waals surface area contributed by atoms with Gasteiger partial charge in [0.05, 0.1) is 22.5 Å². The van der Waals surface area contributed by atoms with E-state index in [1.165, 1.54) is 151 Å². The van der Waals surface area contributed by atoms with Gasteiger partial charge < -0.3 is 37.9 Å². The molecule has 1 unspecified atom stereocenters. The molecule has 1 fully saturated rings. The third-order valence-corrected chi connectivity index (χ3v) is 15.3. The third-order valence-electron chi connectivity index (χ3n) is 13.4. The lowest BCUT2D eigenvalue weighted by atomic mass is 9.98. The number of benzene rings is 1. The van der Waals surface area contributed by atoms with Crippen molar-refractivity contribution in [3.63, 3.8) is 0 Å². The van der Waals surface area contributed by atoms with Crippen LogP contribution in [0.5, 0.6) is 0 Å². The molecule has 76 heavy (non-hydrogen) atoms. The van der Waals surface area contributed by atoms with E-state index in [0.717, 1.165) is 59.3 Å². The molecule has 1 saturated heterocycles. The first-order valence-corrected chi connectivity index (χ1v) is 30.4. The van der Waals surface area contributed by atoms with Crippen LogP contribution >= 0.6 is 0 Å². The molecular weight excluding hydrogens is 1000 g/mol. The number of unbranched alkanes of at least 4 members (excludes halogenated alkanes) is 25. The summed E-state index contributed by atoms with van der Waals surface area (Å²) in [5.41, 5.74) is -0.216. The molecule has 0 aromatic heterocycles. The van der Waals surface area contributed by atoms with Gasteiger partial charge in [-0.15, -0.1) is 0 Å². The molecule has 1 aromatic rings. The summed E-state index contributed by atoms with van der Waals surface area (Å²) in [6.45, 7) is 10.2. The van der Waals surface area contributed by atoms with E-state index in [1.54, 1.807) is 0 Å². The number of ether oxygens (including phenoxy) is 8. The highest BCUT2D eigenvalue weighted by atomic mass is 32.2. The highest BCUT2D eigenvalue weighted by molar-refractivity contribution is 7.89. The van der Waals surface area contributed by atoms with Crippen molar-refractivity contribution in [3.8, 4) is 0 Å². The minimum atomic E-state index is -4.13. The van der Waals surface area contributed by atoms with E-state index >= 15 is 0 Å². The van der Waals surface area contributed by atoms with Crippen molar-refractivity contribution in [1.29, 1.82) is 0 Å². The van der Waals surface area contributed by atoms with Gasteiger partial charge in [0, 0.05) is 72.7 Å². The Morgan fingerprint density at radius 2 is 1.01 bits per heavy atom. The summed E-state index contributed by atoms with van der Waals surface area (Å²) < 4.78 is 76.5. The van der Waals surface area contributed by atoms with Crippen LogP contribution in [0.3, 0.4) is 0 Å². The molecule has 0 N–H and O–H groups in total. The van der Waals surface area contributed by atoms with E-state index in [9.17, 15) is 37.7 Å². The van der Waals surface area contributed by atoms with Crippen LogP contribution in [0.4, 0.5) is 5.69 Å². The molecule has 0 amide bonds. The van der Waals surface area contributed by atoms with Gasteiger partial charge in [-0.25, -0.2) is 8.42 Å². The van der Waals surface area contributed by atoms with E-state index in [2.05, 4.69) is 13.8 Å². The number of nitrogens with zero attached hydrogens (tertiary/aromatic N) is 2. The van der Waals surface area contributed by atoms with Crippen LogP contribution in [0.2, 0.25) is 0 Å². The fourth-order valence-electron chi connectivity index (χ4n) is 9.30. The first-order valence-electron chi connectivity index (χ1n) is 29.0. The third kappa shape index (κ3) is 31.0. The highest BCUT2D eigenvalue weighted by Gasteiger charge is 2.52. The van der Waals surface area contributed by atoms with Gasteiger partial charge in [-0.1, -0.05) is 168 Å². The van der Waals surface area contributed by atoms with E-state index in [1.807, 2.05) is 0 Å². The molecule has 0 aliphatic carbocycles. The number of nitro benzene ring substituents is 1. The lowest BCUT2D eigenvalue weighted by Crippen LogP contribution is -2.63. The molecular formula is C57H98N2O16S. The zero-order chi connectivity index (χ0) is 55.8. The summed E-state index contributed by atoms with van der Waals surface area (Å²) >= 11 is 0. The van der Waals surface area contributed by atoms with Gasteiger partial charge in [0.2, 0.25) is 10.0 Å². The Bertz CT molecular complexity index is 1840. The van der Waals surface area contributed by atoms with Crippen LogP contribution in [-0.2, 0) is 67.1 Å². The maximum Gasteiger partial charge on any atom is 0.303 e. The van der Waals surface area contributed by atoms with Gasteiger partial charge >= 0.3 is 23.9 Å². The molecule has 0 bridgehead atoms. The molecule has 2 rings (SSSR count). The number of rotatable bonds is 47. The fourth-order valence-corrected chi connectivity index (χ4v) is 10.8. The minimum Gasteiger partial charge on any atom is -0.463 e. The van der Waals surface area contributed by atoms with Gasteiger partial charge in [-0.2, -0.15) is 4.31 Å². The second-order valence-electron chi connectivity index (χ2n) is 20.3. The lowest BCUT2D eigenvalue weighted by molar-refractivity contribution is -0.384. The number of carbonyl (C=O) groups is 4. The Hall–Kier alpha value is -3.75. The highest BCUT2D eigenvalue weighted by Crippen LogP contribution is 2.30. The van der Waals surface area contributed by atoms with Gasteiger partial charge in [0.15, 0.2) is 24.6 Å². The molecule has 1 aromatic carbocycles. The Morgan fingerprint density at radius 1 is 0.579 bits per heavy atom. The molecule has 19 heteroatoms. The monoisotopic (exact) mass is 1100 g/mol. The Morgan fingerprint density at radius 3 is 1.49 bits per heavy atom. The summed E-state index contributed by atoms with van der Waals surface area (Å²) in [6, 6.07) is 4.90. The predicted molar refractivity (Wildman–Crippen MR) is 291 cm³/mol. The number of esters is 4. The zero-order valence-corrected chi connectivity index (χ0v) is 48.2. The summed E-state index contributed by atoms with van der Waals surface area (Å²) in [4.78, 5) is 59.2. The fraction of sp³-hybridized carbons (Fsp3) is 0.825. The first-order chi connectivity index (χ1) is 36.6. The SMILES string of the molecule is CCCCCCCCCCCCCCOCC(CN(CCCCCCO[C@@H]1O[C@H](COC(C)=O)[C@@H](OC(C)=O)[C@H](OC(C)=O)[C@@H]1OC(C)=O)S(=O)(=O)c1ccc([N+](=O)[O-])cc1)OCCCCCCCCCCCCCC. The minimum absolute atomic E-state index is 0.0298. The van der Waals surface area contributed by atoms with Crippen molar-refractivity contribution >= 4 is 39.6 Å². The number of sulfonamides is 1. The molecule has 6 atom stereocenters. The summed E-state index contributed by atoms with van der Waals surface area (Å²) in [5, 5.41) is 11.5. The zero-order valence-electron chi connectivity index (χ0n) is 47.4. The van der Waals surface area contributed by atoms with E-state index in [4.69, 9.17) is 37.9 Å². The number of non-ortho nitro benzene ring substituents is 1. The van der Waals surface area contributed by atoms with Crippen LogP contribution in [-0.4, -0.2) is 124 Å². The van der Waals surface area contributed by atoms with E-state index in [-0.39, 0.29) is 43.5 Å². The lowest BCUT2D eigenvalue weighted by Gasteiger charge is -2.44. The smallest absolute Gasteiger partial charge is 0.303 e. The van der Waals surface area contributed by atoms with Crippen LogP contribution in [0, 0.1) is 10.1 Å². The number of carbonyl (C=O) groups excluding carboxylic acids is 4. The van der Waals surface area contributed by atoms with Crippen LogP contribution < -0.4 is 0 Å². The molecule has 1 heterocycles. The quantitative estimate of drug-likeness (QED) is 0.0195. The standard InChI is InChI=1S/C57H98N2O16S/c1-7-9-11-13-15-17-19-21-23-25-28-32-40-68-44-51(69-41-33-29-26-24-22-20-18-16-14-12-10-8-2)43-58(76(66,67)52-37-35-50(36-38-52)59(64)65)39-31-27-30-34-42-70-57-56(74-49(6)63)55(73-48(5)62)54(72-47(4)61)53(75-57)45-71-46(3)60/h35-38,51,53-57H,7-34,39-45H2,1-6H3/t51?,53-,54-,55+,56+,57-/m1/s1. The van der Waals surface area contributed by atoms with Crippen molar-refractivity contribution < 1.29 is 70.4 Å². The van der Waals surface area contributed by atoms with E-state index < -0.39 is 75.6 Å². The molecule has 1 aliphatic rings.